The van der Waals surface area contributed by atoms with Crippen molar-refractivity contribution in [2.45, 2.75) is 96.3 Å². The largest absolute Gasteiger partial charge is 0.504 e. The molecule has 0 saturated heterocycles. The number of nitrogens with zero attached hydrogens (tertiary/aromatic N) is 1. The van der Waals surface area contributed by atoms with Crippen LogP contribution in [0.3, 0.4) is 0 Å². The number of Topliss-reactive ketones (excluding diaryl/α,β-unsaturated/α-hetero) is 1. The van der Waals surface area contributed by atoms with Gasteiger partial charge in [0.1, 0.15) is 0 Å². The van der Waals surface area contributed by atoms with E-state index in [1.54, 1.807) is 12.1 Å². The smallest absolute Gasteiger partial charge is 0.189 e. The second-order valence-electron chi connectivity index (χ2n) is 11.3. The quantitative estimate of drug-likeness (QED) is 0.0942. The van der Waals surface area contributed by atoms with Gasteiger partial charge in [-0.15, -0.1) is 13.2 Å². The maximum Gasteiger partial charge on any atom is 0.189 e. The molecular weight excluding hydrogens is 506 g/mol. The number of ether oxygens (including phenoxy) is 1. The third-order valence-corrected chi connectivity index (χ3v) is 8.09. The number of phenolic OH excluding ortho intramolecular Hbond substituents is 1. The van der Waals surface area contributed by atoms with E-state index in [-0.39, 0.29) is 11.5 Å². The molecule has 222 valence electrons. The zero-order valence-electron chi connectivity index (χ0n) is 25.3. The molecule has 41 heavy (non-hydrogen) atoms. The fourth-order valence-corrected chi connectivity index (χ4v) is 5.65. The second-order valence-corrected chi connectivity index (χ2v) is 11.3. The molecule has 0 amide bonds. The van der Waals surface area contributed by atoms with Crippen LogP contribution >= 0.6 is 0 Å². The minimum Gasteiger partial charge on any atom is -0.504 e. The van der Waals surface area contributed by atoms with Crippen molar-refractivity contribution in [2.75, 3.05) is 25.1 Å². The molecule has 0 unspecified atom stereocenters. The number of benzene rings is 2. The number of carbonyl (C=O) groups excluding carboxylic acids is 1. The van der Waals surface area contributed by atoms with Gasteiger partial charge in [0.25, 0.3) is 0 Å². The van der Waals surface area contributed by atoms with Crippen LogP contribution in [0.25, 0.3) is 6.08 Å². The summed E-state index contributed by atoms with van der Waals surface area (Å²) < 4.78 is 5.24. The van der Waals surface area contributed by atoms with Crippen LogP contribution in [0.2, 0.25) is 0 Å². The zero-order chi connectivity index (χ0) is 29.3. The fraction of sp³-hybridized carbons (Fsp3) is 0.486. The highest BCUT2D eigenvalue weighted by atomic mass is 16.5. The highest BCUT2D eigenvalue weighted by molar-refractivity contribution is 6.16. The molecule has 0 fully saturated rings. The third kappa shape index (κ3) is 10.6. The lowest BCUT2D eigenvalue weighted by molar-refractivity contribution is 0.104. The van der Waals surface area contributed by atoms with Crippen molar-refractivity contribution in [1.29, 1.82) is 0 Å². The highest BCUT2D eigenvalue weighted by Crippen LogP contribution is 2.33. The molecule has 1 N–H and O–H groups in total. The minimum absolute atomic E-state index is 0.0980. The number of ketones is 1. The summed E-state index contributed by atoms with van der Waals surface area (Å²) in [4.78, 5) is 15.9. The van der Waals surface area contributed by atoms with E-state index in [1.165, 1.54) is 89.8 Å². The van der Waals surface area contributed by atoms with Crippen LogP contribution in [0.1, 0.15) is 111 Å². The maximum absolute atomic E-state index is 13.4. The molecule has 0 spiro atoms. The molecule has 2 aromatic carbocycles. The Morgan fingerprint density at radius 3 is 1.98 bits per heavy atom. The first-order valence-corrected chi connectivity index (χ1v) is 15.8. The van der Waals surface area contributed by atoms with Gasteiger partial charge in [0.05, 0.1) is 7.11 Å². The van der Waals surface area contributed by atoms with Crippen LogP contribution in [0.5, 0.6) is 11.5 Å². The van der Waals surface area contributed by atoms with Gasteiger partial charge >= 0.3 is 0 Å². The number of carbonyl (C=O) groups is 1. The van der Waals surface area contributed by atoms with Gasteiger partial charge in [0, 0.05) is 36.3 Å². The number of anilines is 1. The van der Waals surface area contributed by atoms with E-state index < -0.39 is 0 Å². The van der Waals surface area contributed by atoms with E-state index in [0.717, 1.165) is 48.2 Å². The molecule has 0 heterocycles. The number of methoxy groups -OCH3 is 1. The zero-order valence-corrected chi connectivity index (χ0v) is 25.3. The van der Waals surface area contributed by atoms with Crippen molar-refractivity contribution in [1.82, 2.24) is 0 Å². The molecule has 0 bridgehead atoms. The van der Waals surface area contributed by atoms with Crippen LogP contribution in [-0.2, 0) is 6.42 Å². The van der Waals surface area contributed by atoms with E-state index in [1.807, 2.05) is 24.3 Å². The van der Waals surface area contributed by atoms with Crippen molar-refractivity contribution in [3.05, 3.63) is 84.0 Å². The summed E-state index contributed by atoms with van der Waals surface area (Å²) in [5, 5.41) is 9.92. The van der Waals surface area contributed by atoms with Crippen LogP contribution < -0.4 is 9.64 Å². The number of hydrogen-bond donors (Lipinski definition) is 1. The molecule has 0 radical (unpaired) electrons. The Hall–Kier alpha value is -3.27. The van der Waals surface area contributed by atoms with Gasteiger partial charge in [-0.1, -0.05) is 75.7 Å². The first-order chi connectivity index (χ1) is 20.1. The number of unbranched alkanes of at least 4 members (excludes halogenated alkanes) is 12. The van der Waals surface area contributed by atoms with Gasteiger partial charge in [-0.25, -0.2) is 0 Å². The summed E-state index contributed by atoms with van der Waals surface area (Å²) in [7, 11) is 1.53. The first kappa shape index (κ1) is 32.2. The average molecular weight is 558 g/mol. The number of hydrogen-bond acceptors (Lipinski definition) is 4. The number of phenols is 1. The molecule has 1 aliphatic carbocycles. The van der Waals surface area contributed by atoms with E-state index in [4.69, 9.17) is 4.74 Å². The standard InChI is InChI=1S/C37H51NO3/c1-4-6-8-10-12-14-16-18-24-38(25-19-17-15-13-11-9-7-5-2)33-22-21-31-28-32(37(40)34(31)29-33)26-30-20-23-35(39)36(27-30)41-3/h4-5,20-23,26-27,29,39H,1-2,6-19,24-25,28H2,3H3/b32-26+. The van der Waals surface area contributed by atoms with Crippen LogP contribution in [-0.4, -0.2) is 31.1 Å². The van der Waals surface area contributed by atoms with Crippen molar-refractivity contribution in [3.63, 3.8) is 0 Å². The van der Waals surface area contributed by atoms with Crippen molar-refractivity contribution in [2.24, 2.45) is 0 Å². The Morgan fingerprint density at radius 2 is 1.39 bits per heavy atom. The molecule has 4 nitrogen and oxygen atoms in total. The molecule has 0 saturated carbocycles. The lowest BCUT2D eigenvalue weighted by Crippen LogP contribution is -2.26. The normalized spacial score (nSPS) is 13.4. The molecule has 2 aromatic rings. The van der Waals surface area contributed by atoms with Crippen molar-refractivity contribution < 1.29 is 14.6 Å². The van der Waals surface area contributed by atoms with Gasteiger partial charge in [-0.2, -0.15) is 0 Å². The predicted octanol–water partition coefficient (Wildman–Crippen LogP) is 9.86. The fourth-order valence-electron chi connectivity index (χ4n) is 5.65. The Kier molecular flexibility index (Phi) is 14.3. The summed E-state index contributed by atoms with van der Waals surface area (Å²) in [6.07, 6.45) is 24.0. The number of aromatic hydroxyl groups is 1. The summed E-state index contributed by atoms with van der Waals surface area (Å²) >= 11 is 0. The summed E-state index contributed by atoms with van der Waals surface area (Å²) in [5.74, 6) is 0.613. The first-order valence-electron chi connectivity index (χ1n) is 15.8. The third-order valence-electron chi connectivity index (χ3n) is 8.09. The summed E-state index contributed by atoms with van der Waals surface area (Å²) in [6, 6.07) is 11.7. The average Bonchev–Trinajstić information content (AvgIpc) is 3.29. The summed E-state index contributed by atoms with van der Waals surface area (Å²) in [6.45, 7) is 9.72. The van der Waals surface area contributed by atoms with Gasteiger partial charge < -0.3 is 14.7 Å². The molecule has 0 atom stereocenters. The molecule has 4 heteroatoms. The predicted molar refractivity (Wildman–Crippen MR) is 174 cm³/mol. The Balaban J connectivity index is 1.62. The Labute approximate surface area is 248 Å². The van der Waals surface area contributed by atoms with Gasteiger partial charge in [-0.3, -0.25) is 4.79 Å². The molecular formula is C37H51NO3. The Bertz CT molecular complexity index is 1120. The number of fused-ring (bicyclic) bond motifs is 1. The van der Waals surface area contributed by atoms with Crippen molar-refractivity contribution in [3.8, 4) is 11.5 Å². The van der Waals surface area contributed by atoms with Gasteiger partial charge in [-0.05, 0) is 80.0 Å². The summed E-state index contributed by atoms with van der Waals surface area (Å²) in [5.41, 5.74) is 4.72. The van der Waals surface area contributed by atoms with E-state index in [2.05, 4.69) is 36.3 Å². The van der Waals surface area contributed by atoms with Gasteiger partial charge in [0.15, 0.2) is 17.3 Å². The molecule has 3 rings (SSSR count). The van der Waals surface area contributed by atoms with Crippen LogP contribution in [0.4, 0.5) is 5.69 Å². The molecule has 1 aliphatic rings. The lowest BCUT2D eigenvalue weighted by Gasteiger charge is -2.25. The minimum atomic E-state index is 0.0980. The van der Waals surface area contributed by atoms with Gasteiger partial charge in [0.2, 0.25) is 0 Å². The molecule has 0 aromatic heterocycles. The molecule has 0 aliphatic heterocycles. The number of rotatable bonds is 21. The Morgan fingerprint density at radius 1 is 0.805 bits per heavy atom. The number of allylic oxidation sites excluding steroid dienone is 3. The topological polar surface area (TPSA) is 49.8 Å². The van der Waals surface area contributed by atoms with Crippen molar-refractivity contribution >= 4 is 17.5 Å². The second kappa shape index (κ2) is 18.2. The SMILES string of the molecule is C=CCCCCCCCCN(CCCCCCCCC=C)c1ccc2c(c1)C(=O)/C(=C/c1ccc(O)c(OC)c1)C2. The lowest BCUT2D eigenvalue weighted by atomic mass is 10.1. The van der Waals surface area contributed by atoms with Crippen LogP contribution in [0, 0.1) is 0 Å². The van der Waals surface area contributed by atoms with E-state index in [0.29, 0.717) is 12.2 Å². The monoisotopic (exact) mass is 557 g/mol. The maximum atomic E-state index is 13.4. The highest BCUT2D eigenvalue weighted by Gasteiger charge is 2.26. The van der Waals surface area contributed by atoms with Crippen LogP contribution in [0.15, 0.2) is 67.3 Å². The van der Waals surface area contributed by atoms with E-state index >= 15 is 0 Å². The van der Waals surface area contributed by atoms with E-state index in [9.17, 15) is 9.90 Å².